The van der Waals surface area contributed by atoms with Crippen LogP contribution < -0.4 is 5.32 Å². The lowest BCUT2D eigenvalue weighted by Crippen LogP contribution is -2.46. The van der Waals surface area contributed by atoms with Gasteiger partial charge in [0, 0.05) is 32.8 Å². The Morgan fingerprint density at radius 1 is 0.955 bits per heavy atom. The standard InChI is InChI=1S/C16H26N2O4/c19-15(13-3-1-9-21-13)17-11-12-5-7-18(8-6-12)16(20)14-4-2-10-22-14/h12-14H,1-11H2,(H,17,19). The molecular formula is C16H26N2O4. The summed E-state index contributed by atoms with van der Waals surface area (Å²) in [5.41, 5.74) is 0. The molecule has 3 rings (SSSR count). The molecule has 0 aromatic rings. The molecule has 0 spiro atoms. The number of ether oxygens (including phenoxy) is 2. The van der Waals surface area contributed by atoms with Crippen molar-refractivity contribution in [1.29, 1.82) is 0 Å². The van der Waals surface area contributed by atoms with Gasteiger partial charge >= 0.3 is 0 Å². The Bertz CT molecular complexity index is 395. The fraction of sp³-hybridized carbons (Fsp3) is 0.875. The van der Waals surface area contributed by atoms with Crippen molar-refractivity contribution in [1.82, 2.24) is 10.2 Å². The highest BCUT2D eigenvalue weighted by atomic mass is 16.5. The number of piperidine rings is 1. The maximum atomic E-state index is 12.3. The van der Waals surface area contributed by atoms with E-state index in [9.17, 15) is 9.59 Å². The highest BCUT2D eigenvalue weighted by Gasteiger charge is 2.31. The van der Waals surface area contributed by atoms with Crippen molar-refractivity contribution in [3.05, 3.63) is 0 Å². The molecule has 3 aliphatic rings. The Balaban J connectivity index is 1.36. The van der Waals surface area contributed by atoms with Gasteiger partial charge in [-0.3, -0.25) is 9.59 Å². The average molecular weight is 310 g/mol. The van der Waals surface area contributed by atoms with Gasteiger partial charge in [-0.1, -0.05) is 0 Å². The monoisotopic (exact) mass is 310 g/mol. The van der Waals surface area contributed by atoms with Crippen molar-refractivity contribution in [3.8, 4) is 0 Å². The number of rotatable bonds is 4. The number of hydrogen-bond acceptors (Lipinski definition) is 4. The molecule has 0 aromatic heterocycles. The summed E-state index contributed by atoms with van der Waals surface area (Å²) in [5, 5.41) is 3.00. The molecule has 6 heteroatoms. The summed E-state index contributed by atoms with van der Waals surface area (Å²) < 4.78 is 10.8. The fourth-order valence-electron chi connectivity index (χ4n) is 3.48. The SMILES string of the molecule is O=C(NCC1CCN(C(=O)C2CCCO2)CC1)C1CCCO1. The van der Waals surface area contributed by atoms with Gasteiger partial charge in [0.1, 0.15) is 12.2 Å². The minimum Gasteiger partial charge on any atom is -0.368 e. The molecule has 2 amide bonds. The van der Waals surface area contributed by atoms with E-state index in [0.717, 1.165) is 51.6 Å². The van der Waals surface area contributed by atoms with E-state index in [4.69, 9.17) is 9.47 Å². The van der Waals surface area contributed by atoms with E-state index < -0.39 is 0 Å². The van der Waals surface area contributed by atoms with Crippen molar-refractivity contribution in [2.45, 2.75) is 50.7 Å². The maximum Gasteiger partial charge on any atom is 0.251 e. The van der Waals surface area contributed by atoms with Gasteiger partial charge in [0.05, 0.1) is 0 Å². The van der Waals surface area contributed by atoms with Crippen LogP contribution in [0.15, 0.2) is 0 Å². The minimum absolute atomic E-state index is 0.0235. The molecule has 0 bridgehead atoms. The number of nitrogens with one attached hydrogen (secondary N) is 1. The molecule has 1 N–H and O–H groups in total. The number of carbonyl (C=O) groups excluding carboxylic acids is 2. The van der Waals surface area contributed by atoms with E-state index >= 15 is 0 Å². The molecule has 3 saturated heterocycles. The first-order valence-electron chi connectivity index (χ1n) is 8.54. The Morgan fingerprint density at radius 3 is 2.18 bits per heavy atom. The lowest BCUT2D eigenvalue weighted by Gasteiger charge is -2.33. The molecular weight excluding hydrogens is 284 g/mol. The van der Waals surface area contributed by atoms with Crippen molar-refractivity contribution >= 4 is 11.8 Å². The first-order valence-corrected chi connectivity index (χ1v) is 8.54. The first kappa shape index (κ1) is 15.7. The number of carbonyl (C=O) groups is 2. The molecule has 6 nitrogen and oxygen atoms in total. The van der Waals surface area contributed by atoms with Gasteiger partial charge < -0.3 is 19.7 Å². The van der Waals surface area contributed by atoms with Crippen LogP contribution in [0.4, 0.5) is 0 Å². The van der Waals surface area contributed by atoms with Crippen LogP contribution in [0.25, 0.3) is 0 Å². The predicted octanol–water partition coefficient (Wildman–Crippen LogP) is 0.699. The van der Waals surface area contributed by atoms with Crippen LogP contribution in [-0.4, -0.2) is 61.8 Å². The summed E-state index contributed by atoms with van der Waals surface area (Å²) in [7, 11) is 0. The molecule has 0 aliphatic carbocycles. The molecule has 3 fully saturated rings. The molecule has 2 unspecified atom stereocenters. The van der Waals surface area contributed by atoms with E-state index in [1.165, 1.54) is 0 Å². The summed E-state index contributed by atoms with van der Waals surface area (Å²) in [4.78, 5) is 26.1. The Kier molecular flexibility index (Phi) is 5.31. The molecule has 124 valence electrons. The molecule has 22 heavy (non-hydrogen) atoms. The molecule has 0 aromatic carbocycles. The third kappa shape index (κ3) is 3.79. The highest BCUT2D eigenvalue weighted by molar-refractivity contribution is 5.81. The molecule has 3 aliphatic heterocycles. The zero-order valence-electron chi connectivity index (χ0n) is 13.1. The van der Waals surface area contributed by atoms with Gasteiger partial charge in [-0.2, -0.15) is 0 Å². The number of nitrogens with zero attached hydrogens (tertiary/aromatic N) is 1. The lowest BCUT2D eigenvalue weighted by molar-refractivity contribution is -0.142. The van der Waals surface area contributed by atoms with Gasteiger partial charge in [-0.05, 0) is 44.4 Å². The number of hydrogen-bond donors (Lipinski definition) is 1. The Morgan fingerprint density at radius 2 is 1.59 bits per heavy atom. The summed E-state index contributed by atoms with van der Waals surface area (Å²) in [6.07, 6.45) is 5.09. The van der Waals surface area contributed by atoms with E-state index in [2.05, 4.69) is 5.32 Å². The normalized spacial score (nSPS) is 29.7. The zero-order chi connectivity index (χ0) is 15.4. The zero-order valence-corrected chi connectivity index (χ0v) is 13.1. The smallest absolute Gasteiger partial charge is 0.251 e. The fourth-order valence-corrected chi connectivity index (χ4v) is 3.48. The summed E-state index contributed by atoms with van der Waals surface area (Å²) in [6, 6.07) is 0. The second kappa shape index (κ2) is 7.42. The summed E-state index contributed by atoms with van der Waals surface area (Å²) in [5.74, 6) is 0.633. The number of amides is 2. The largest absolute Gasteiger partial charge is 0.368 e. The van der Waals surface area contributed by atoms with Crippen LogP contribution in [0.1, 0.15) is 38.5 Å². The van der Waals surface area contributed by atoms with Crippen LogP contribution in [0.2, 0.25) is 0 Å². The van der Waals surface area contributed by atoms with Crippen LogP contribution in [-0.2, 0) is 19.1 Å². The van der Waals surface area contributed by atoms with E-state index in [1.54, 1.807) is 0 Å². The van der Waals surface area contributed by atoms with Crippen molar-refractivity contribution < 1.29 is 19.1 Å². The van der Waals surface area contributed by atoms with Crippen molar-refractivity contribution in [2.75, 3.05) is 32.8 Å². The van der Waals surface area contributed by atoms with E-state index in [1.807, 2.05) is 4.90 Å². The lowest BCUT2D eigenvalue weighted by atomic mass is 9.96. The van der Waals surface area contributed by atoms with Crippen LogP contribution in [0, 0.1) is 5.92 Å². The molecule has 3 heterocycles. The van der Waals surface area contributed by atoms with Gasteiger partial charge in [-0.15, -0.1) is 0 Å². The topological polar surface area (TPSA) is 67.9 Å². The number of likely N-dealkylation sites (tertiary alicyclic amines) is 1. The van der Waals surface area contributed by atoms with Crippen molar-refractivity contribution in [2.24, 2.45) is 5.92 Å². The third-order valence-electron chi connectivity index (χ3n) is 4.92. The van der Waals surface area contributed by atoms with Gasteiger partial charge in [-0.25, -0.2) is 0 Å². The quantitative estimate of drug-likeness (QED) is 0.830. The Hall–Kier alpha value is -1.14. The van der Waals surface area contributed by atoms with Gasteiger partial charge in [0.25, 0.3) is 5.91 Å². The van der Waals surface area contributed by atoms with Crippen molar-refractivity contribution in [3.63, 3.8) is 0 Å². The third-order valence-corrected chi connectivity index (χ3v) is 4.92. The molecule has 0 saturated carbocycles. The van der Waals surface area contributed by atoms with E-state index in [0.29, 0.717) is 25.7 Å². The second-order valence-electron chi connectivity index (χ2n) is 6.52. The minimum atomic E-state index is -0.249. The average Bonchev–Trinajstić information content (AvgIpc) is 3.25. The predicted molar refractivity (Wildman–Crippen MR) is 80.3 cm³/mol. The van der Waals surface area contributed by atoms with Gasteiger partial charge in [0.15, 0.2) is 0 Å². The first-order chi connectivity index (χ1) is 10.7. The van der Waals surface area contributed by atoms with Crippen LogP contribution >= 0.6 is 0 Å². The second-order valence-corrected chi connectivity index (χ2v) is 6.52. The van der Waals surface area contributed by atoms with Gasteiger partial charge in [0.2, 0.25) is 5.91 Å². The summed E-state index contributed by atoms with van der Waals surface area (Å²) in [6.45, 7) is 3.66. The Labute approximate surface area is 131 Å². The molecule has 0 radical (unpaired) electrons. The van der Waals surface area contributed by atoms with E-state index in [-0.39, 0.29) is 24.0 Å². The maximum absolute atomic E-state index is 12.3. The molecule has 2 atom stereocenters. The van der Waals surface area contributed by atoms with Crippen LogP contribution in [0.3, 0.4) is 0 Å². The summed E-state index contributed by atoms with van der Waals surface area (Å²) >= 11 is 0. The highest BCUT2D eigenvalue weighted by Crippen LogP contribution is 2.21. The van der Waals surface area contributed by atoms with Crippen LogP contribution in [0.5, 0.6) is 0 Å².